The van der Waals surface area contributed by atoms with Crippen molar-refractivity contribution in [2.24, 2.45) is 0 Å². The van der Waals surface area contributed by atoms with Crippen molar-refractivity contribution < 1.29 is 9.47 Å². The van der Waals surface area contributed by atoms with Gasteiger partial charge in [0, 0.05) is 4.88 Å². The topological polar surface area (TPSA) is 44.2 Å². The Balaban J connectivity index is 1.79. The van der Waals surface area contributed by atoms with Crippen molar-refractivity contribution in [1.82, 2.24) is 9.97 Å². The molecule has 23 heavy (non-hydrogen) atoms. The zero-order valence-electron chi connectivity index (χ0n) is 13.3. The van der Waals surface area contributed by atoms with Crippen molar-refractivity contribution in [3.8, 4) is 17.4 Å². The second kappa shape index (κ2) is 5.81. The third-order valence-electron chi connectivity index (χ3n) is 4.17. The number of hydrogen-bond donors (Lipinski definition) is 0. The molecule has 1 aromatic carbocycles. The summed E-state index contributed by atoms with van der Waals surface area (Å²) in [6.07, 6.45) is 4.74. The lowest BCUT2D eigenvalue weighted by atomic mass is 9.97. The number of aromatic nitrogens is 2. The summed E-state index contributed by atoms with van der Waals surface area (Å²) in [6.45, 7) is 1.92. The Kier molecular flexibility index (Phi) is 3.65. The quantitative estimate of drug-likeness (QED) is 0.701. The summed E-state index contributed by atoms with van der Waals surface area (Å²) < 4.78 is 11.3. The lowest BCUT2D eigenvalue weighted by Gasteiger charge is -2.12. The first kappa shape index (κ1) is 14.5. The molecule has 5 heteroatoms. The van der Waals surface area contributed by atoms with Gasteiger partial charge in [0.25, 0.3) is 0 Å². The molecule has 4 nitrogen and oxygen atoms in total. The van der Waals surface area contributed by atoms with Crippen molar-refractivity contribution in [1.29, 1.82) is 0 Å². The van der Waals surface area contributed by atoms with Gasteiger partial charge in [0.05, 0.1) is 12.5 Å². The van der Waals surface area contributed by atoms with E-state index in [1.165, 1.54) is 23.3 Å². The lowest BCUT2D eigenvalue weighted by molar-refractivity contribution is 0.412. The van der Waals surface area contributed by atoms with Crippen LogP contribution in [-0.4, -0.2) is 17.1 Å². The highest BCUT2D eigenvalue weighted by Gasteiger charge is 2.21. The molecule has 2 heterocycles. The molecule has 0 spiro atoms. The maximum absolute atomic E-state index is 6.10. The largest absolute Gasteiger partial charge is 0.497 e. The van der Waals surface area contributed by atoms with Crippen LogP contribution >= 0.6 is 11.3 Å². The zero-order valence-corrected chi connectivity index (χ0v) is 14.1. The molecule has 3 aromatic rings. The van der Waals surface area contributed by atoms with E-state index >= 15 is 0 Å². The fraction of sp³-hybridized carbons (Fsp3) is 0.333. The number of rotatable bonds is 3. The summed E-state index contributed by atoms with van der Waals surface area (Å²) in [5.41, 5.74) is 1.39. The molecular formula is C18H18N2O2S. The van der Waals surface area contributed by atoms with Crippen LogP contribution in [0.2, 0.25) is 0 Å². The van der Waals surface area contributed by atoms with Gasteiger partial charge in [-0.1, -0.05) is 0 Å². The summed E-state index contributed by atoms with van der Waals surface area (Å²) in [5.74, 6) is 3.01. The number of hydrogen-bond acceptors (Lipinski definition) is 5. The highest BCUT2D eigenvalue weighted by Crippen LogP contribution is 2.40. The van der Waals surface area contributed by atoms with Crippen molar-refractivity contribution in [2.45, 2.75) is 32.6 Å². The van der Waals surface area contributed by atoms with Gasteiger partial charge in [-0.2, -0.15) is 4.98 Å². The summed E-state index contributed by atoms with van der Waals surface area (Å²) >= 11 is 1.79. The van der Waals surface area contributed by atoms with E-state index in [1.807, 2.05) is 31.2 Å². The Hall–Kier alpha value is -2.14. The monoisotopic (exact) mass is 326 g/mol. The Morgan fingerprint density at radius 2 is 1.74 bits per heavy atom. The fourth-order valence-corrected chi connectivity index (χ4v) is 4.35. The molecule has 0 N–H and O–H groups in total. The van der Waals surface area contributed by atoms with E-state index in [0.717, 1.165) is 40.4 Å². The van der Waals surface area contributed by atoms with E-state index in [9.17, 15) is 0 Å². The van der Waals surface area contributed by atoms with Gasteiger partial charge in [0.2, 0.25) is 5.88 Å². The standard InChI is InChI=1S/C18H18N2O2S/c1-11-19-17(22-13-9-7-12(21-2)8-10-13)16-14-5-3-4-6-15(14)23-18(16)20-11/h7-10H,3-6H2,1-2H3. The van der Waals surface area contributed by atoms with Crippen molar-refractivity contribution in [3.05, 3.63) is 40.5 Å². The van der Waals surface area contributed by atoms with Crippen LogP contribution in [0.1, 0.15) is 29.1 Å². The van der Waals surface area contributed by atoms with Crippen LogP contribution in [0.25, 0.3) is 10.2 Å². The highest BCUT2D eigenvalue weighted by atomic mass is 32.1. The smallest absolute Gasteiger partial charge is 0.231 e. The number of nitrogens with zero attached hydrogens (tertiary/aromatic N) is 2. The summed E-state index contributed by atoms with van der Waals surface area (Å²) in [5, 5.41) is 1.10. The first-order chi connectivity index (χ1) is 11.2. The van der Waals surface area contributed by atoms with Gasteiger partial charge in [-0.25, -0.2) is 4.98 Å². The first-order valence-electron chi connectivity index (χ1n) is 7.85. The molecule has 0 atom stereocenters. The van der Waals surface area contributed by atoms with E-state index in [0.29, 0.717) is 5.88 Å². The van der Waals surface area contributed by atoms with Crippen LogP contribution in [0.3, 0.4) is 0 Å². The third kappa shape index (κ3) is 2.65. The van der Waals surface area contributed by atoms with Crippen molar-refractivity contribution in [2.75, 3.05) is 7.11 Å². The molecule has 0 aliphatic heterocycles. The molecule has 2 aromatic heterocycles. The van der Waals surface area contributed by atoms with E-state index in [2.05, 4.69) is 9.97 Å². The molecule has 4 rings (SSSR count). The minimum atomic E-state index is 0.678. The minimum Gasteiger partial charge on any atom is -0.497 e. The number of thiophene rings is 1. The Labute approximate surface area is 139 Å². The molecule has 0 unspecified atom stereocenters. The number of fused-ring (bicyclic) bond motifs is 3. The van der Waals surface area contributed by atoms with E-state index in [1.54, 1.807) is 18.4 Å². The number of aryl methyl sites for hydroxylation is 3. The average Bonchev–Trinajstić information content (AvgIpc) is 2.93. The molecule has 0 amide bonds. The molecule has 0 saturated heterocycles. The van der Waals surface area contributed by atoms with Gasteiger partial charge in [-0.05, 0) is 62.4 Å². The molecule has 118 valence electrons. The normalized spacial score (nSPS) is 13.8. The summed E-state index contributed by atoms with van der Waals surface area (Å²) in [4.78, 5) is 11.7. The first-order valence-corrected chi connectivity index (χ1v) is 8.67. The number of methoxy groups -OCH3 is 1. The Morgan fingerprint density at radius 3 is 2.52 bits per heavy atom. The molecule has 0 radical (unpaired) electrons. The highest BCUT2D eigenvalue weighted by molar-refractivity contribution is 7.18. The van der Waals surface area contributed by atoms with E-state index < -0.39 is 0 Å². The third-order valence-corrected chi connectivity index (χ3v) is 5.35. The second-order valence-corrected chi connectivity index (χ2v) is 6.83. The molecule has 0 fully saturated rings. The van der Waals surface area contributed by atoms with Crippen LogP contribution in [0.5, 0.6) is 17.4 Å². The van der Waals surface area contributed by atoms with Crippen molar-refractivity contribution >= 4 is 21.6 Å². The van der Waals surface area contributed by atoms with Gasteiger partial charge in [0.1, 0.15) is 22.2 Å². The van der Waals surface area contributed by atoms with Gasteiger partial charge in [-0.15, -0.1) is 11.3 Å². The van der Waals surface area contributed by atoms with Crippen LogP contribution in [0.4, 0.5) is 0 Å². The number of benzene rings is 1. The van der Waals surface area contributed by atoms with Gasteiger partial charge >= 0.3 is 0 Å². The van der Waals surface area contributed by atoms with Crippen molar-refractivity contribution in [3.63, 3.8) is 0 Å². The molecule has 1 aliphatic carbocycles. The van der Waals surface area contributed by atoms with E-state index in [4.69, 9.17) is 9.47 Å². The minimum absolute atomic E-state index is 0.678. The van der Waals surface area contributed by atoms with Crippen LogP contribution in [-0.2, 0) is 12.8 Å². The zero-order chi connectivity index (χ0) is 15.8. The second-order valence-electron chi connectivity index (χ2n) is 5.74. The molecule has 0 bridgehead atoms. The maximum atomic E-state index is 6.10. The van der Waals surface area contributed by atoms with Crippen LogP contribution < -0.4 is 9.47 Å². The fourth-order valence-electron chi connectivity index (χ4n) is 3.05. The van der Waals surface area contributed by atoms with Gasteiger partial charge in [0.15, 0.2) is 0 Å². The molecule has 1 aliphatic rings. The number of ether oxygens (including phenoxy) is 2. The Morgan fingerprint density at radius 1 is 1.00 bits per heavy atom. The van der Waals surface area contributed by atoms with Gasteiger partial charge < -0.3 is 9.47 Å². The molecule has 0 saturated carbocycles. The van der Waals surface area contributed by atoms with E-state index in [-0.39, 0.29) is 0 Å². The molecular weight excluding hydrogens is 308 g/mol. The average molecular weight is 326 g/mol. The van der Waals surface area contributed by atoms with Gasteiger partial charge in [-0.3, -0.25) is 0 Å². The summed E-state index contributed by atoms with van der Waals surface area (Å²) in [7, 11) is 1.66. The predicted octanol–water partition coefficient (Wildman–Crippen LogP) is 4.68. The maximum Gasteiger partial charge on any atom is 0.231 e. The summed E-state index contributed by atoms with van der Waals surface area (Å²) in [6, 6.07) is 7.59. The lowest BCUT2D eigenvalue weighted by Crippen LogP contribution is -2.00. The van der Waals surface area contributed by atoms with Crippen LogP contribution in [0, 0.1) is 6.92 Å². The van der Waals surface area contributed by atoms with Crippen LogP contribution in [0.15, 0.2) is 24.3 Å². The Bertz CT molecular complexity index is 856. The SMILES string of the molecule is COc1ccc(Oc2nc(C)nc3sc4c(c23)CCCC4)cc1. The predicted molar refractivity (Wildman–Crippen MR) is 91.9 cm³/mol.